The molecule has 1 aliphatic rings. The molecule has 4 rings (SSSR count). The number of anilines is 1. The van der Waals surface area contributed by atoms with E-state index in [9.17, 15) is 4.79 Å². The summed E-state index contributed by atoms with van der Waals surface area (Å²) in [4.78, 5) is 13.4. The Bertz CT molecular complexity index is 1250. The van der Waals surface area contributed by atoms with Crippen LogP contribution in [0.3, 0.4) is 0 Å². The first-order chi connectivity index (χ1) is 15.6. The van der Waals surface area contributed by atoms with Crippen LogP contribution in [-0.2, 0) is 4.79 Å². The Balaban J connectivity index is 1.80. The number of ether oxygens (including phenoxy) is 2. The van der Waals surface area contributed by atoms with E-state index in [2.05, 4.69) is 11.0 Å². The van der Waals surface area contributed by atoms with Crippen LogP contribution in [0.4, 0.5) is 5.69 Å². The van der Waals surface area contributed by atoms with Gasteiger partial charge in [0.1, 0.15) is 12.3 Å². The second-order valence-corrected chi connectivity index (χ2v) is 7.26. The molecule has 0 aromatic heterocycles. The molecule has 6 heteroatoms. The fourth-order valence-corrected chi connectivity index (χ4v) is 3.62. The number of hydrazone groups is 1. The lowest BCUT2D eigenvalue weighted by atomic mass is 10.00. The summed E-state index contributed by atoms with van der Waals surface area (Å²) in [6.07, 6.45) is 7.03. The Morgan fingerprint density at radius 3 is 2.44 bits per heavy atom. The van der Waals surface area contributed by atoms with E-state index in [0.29, 0.717) is 39.1 Å². The van der Waals surface area contributed by atoms with Gasteiger partial charge in [-0.15, -0.1) is 6.42 Å². The van der Waals surface area contributed by atoms with Gasteiger partial charge in [-0.25, -0.2) is 0 Å². The third-order valence-corrected chi connectivity index (χ3v) is 5.07. The number of carbonyl (C=O) groups is 1. The summed E-state index contributed by atoms with van der Waals surface area (Å²) in [5.74, 6) is 2.94. The highest BCUT2D eigenvalue weighted by atomic mass is 35.5. The van der Waals surface area contributed by atoms with E-state index in [1.54, 1.807) is 18.2 Å². The second kappa shape index (κ2) is 9.42. The molecule has 0 bridgehead atoms. The van der Waals surface area contributed by atoms with E-state index >= 15 is 0 Å². The van der Waals surface area contributed by atoms with Gasteiger partial charge in [-0.3, -0.25) is 4.79 Å². The lowest BCUT2D eigenvalue weighted by molar-refractivity contribution is -0.114. The van der Waals surface area contributed by atoms with Crippen LogP contribution in [0.5, 0.6) is 11.5 Å². The van der Waals surface area contributed by atoms with Crippen LogP contribution >= 0.6 is 11.6 Å². The van der Waals surface area contributed by atoms with Crippen molar-refractivity contribution in [2.75, 3.05) is 18.7 Å². The minimum atomic E-state index is -0.238. The van der Waals surface area contributed by atoms with Crippen molar-refractivity contribution >= 4 is 35.0 Å². The van der Waals surface area contributed by atoms with Gasteiger partial charge < -0.3 is 9.47 Å². The monoisotopic (exact) mass is 442 g/mol. The zero-order chi connectivity index (χ0) is 22.5. The maximum absolute atomic E-state index is 13.4. The average molecular weight is 443 g/mol. The maximum Gasteiger partial charge on any atom is 0.281 e. The number of benzene rings is 3. The fourth-order valence-electron chi connectivity index (χ4n) is 3.34. The van der Waals surface area contributed by atoms with Gasteiger partial charge in [0.05, 0.1) is 23.4 Å². The van der Waals surface area contributed by atoms with Crippen molar-refractivity contribution < 1.29 is 14.3 Å². The molecule has 1 heterocycles. The Hall–Kier alpha value is -4.01. The summed E-state index contributed by atoms with van der Waals surface area (Å²) < 4.78 is 10.9. The lowest BCUT2D eigenvalue weighted by Crippen LogP contribution is -2.21. The number of carbonyl (C=O) groups excluding carboxylic acids is 1. The van der Waals surface area contributed by atoms with E-state index in [4.69, 9.17) is 27.5 Å². The van der Waals surface area contributed by atoms with Gasteiger partial charge in [0.15, 0.2) is 11.5 Å². The zero-order valence-corrected chi connectivity index (χ0v) is 18.0. The Labute approximate surface area is 191 Å². The molecule has 0 saturated carbocycles. The van der Waals surface area contributed by atoms with Crippen molar-refractivity contribution in [1.29, 1.82) is 0 Å². The number of rotatable bonds is 6. The molecule has 32 heavy (non-hydrogen) atoms. The predicted octanol–water partition coefficient (Wildman–Crippen LogP) is 5.20. The molecule has 0 unspecified atom stereocenters. The van der Waals surface area contributed by atoms with Crippen molar-refractivity contribution in [3.05, 3.63) is 94.5 Å². The third-order valence-electron chi connectivity index (χ3n) is 4.79. The maximum atomic E-state index is 13.4. The zero-order valence-electron chi connectivity index (χ0n) is 17.3. The van der Waals surface area contributed by atoms with E-state index in [0.717, 1.165) is 5.56 Å². The van der Waals surface area contributed by atoms with E-state index in [-0.39, 0.29) is 12.5 Å². The molecule has 0 aliphatic carbocycles. The molecule has 5 nitrogen and oxygen atoms in total. The topological polar surface area (TPSA) is 51.1 Å². The Morgan fingerprint density at radius 1 is 1.09 bits per heavy atom. The van der Waals surface area contributed by atoms with Crippen LogP contribution < -0.4 is 14.5 Å². The van der Waals surface area contributed by atoms with E-state index < -0.39 is 0 Å². The minimum Gasteiger partial charge on any atom is -0.493 e. The van der Waals surface area contributed by atoms with Gasteiger partial charge in [0.25, 0.3) is 5.91 Å². The van der Waals surface area contributed by atoms with Crippen LogP contribution in [0.15, 0.2) is 83.5 Å². The summed E-state index contributed by atoms with van der Waals surface area (Å²) in [5.41, 5.74) is 3.19. The van der Waals surface area contributed by atoms with Crippen LogP contribution in [0, 0.1) is 12.3 Å². The predicted molar refractivity (Wildman–Crippen MR) is 127 cm³/mol. The summed E-state index contributed by atoms with van der Waals surface area (Å²) in [6.45, 7) is 0.0614. The van der Waals surface area contributed by atoms with E-state index in [1.807, 2.05) is 60.7 Å². The van der Waals surface area contributed by atoms with Gasteiger partial charge in [-0.2, -0.15) is 10.1 Å². The number of amides is 1. The standard InChI is InChI=1S/C26H19ClN2O3/c1-3-14-32-25-22(27)16-18(17-23(25)31-2)15-21-24(19-10-6-4-7-11-19)28-29(26(21)30)20-12-8-5-9-13-20/h1,4-13,15-17H,14H2,2H3/b21-15-. The molecule has 0 spiro atoms. The number of methoxy groups -OCH3 is 1. The number of hydrogen-bond donors (Lipinski definition) is 0. The molecule has 3 aromatic carbocycles. The highest BCUT2D eigenvalue weighted by molar-refractivity contribution is 6.37. The highest BCUT2D eigenvalue weighted by Gasteiger charge is 2.32. The molecule has 0 radical (unpaired) electrons. The van der Waals surface area contributed by atoms with Crippen molar-refractivity contribution in [3.8, 4) is 23.8 Å². The van der Waals surface area contributed by atoms with Crippen molar-refractivity contribution in [2.45, 2.75) is 0 Å². The molecule has 3 aromatic rings. The molecular weight excluding hydrogens is 424 g/mol. The van der Waals surface area contributed by atoms with E-state index in [1.165, 1.54) is 12.1 Å². The van der Waals surface area contributed by atoms with Crippen molar-refractivity contribution in [3.63, 3.8) is 0 Å². The average Bonchev–Trinajstić information content (AvgIpc) is 3.15. The molecule has 0 atom stereocenters. The molecule has 1 amide bonds. The second-order valence-electron chi connectivity index (χ2n) is 6.85. The van der Waals surface area contributed by atoms with Gasteiger partial charge in [0, 0.05) is 5.56 Å². The quantitative estimate of drug-likeness (QED) is 0.389. The first-order valence-corrected chi connectivity index (χ1v) is 10.2. The first kappa shape index (κ1) is 21.2. The number of terminal acetylenes is 1. The number of halogens is 1. The summed E-state index contributed by atoms with van der Waals surface area (Å²) >= 11 is 6.42. The Kier molecular flexibility index (Phi) is 6.25. The first-order valence-electron chi connectivity index (χ1n) is 9.81. The Morgan fingerprint density at radius 2 is 1.78 bits per heavy atom. The molecule has 0 N–H and O–H groups in total. The summed E-state index contributed by atoms with van der Waals surface area (Å²) in [7, 11) is 1.51. The van der Waals surface area contributed by atoms with Gasteiger partial charge in [-0.1, -0.05) is 66.1 Å². The smallest absolute Gasteiger partial charge is 0.281 e. The highest BCUT2D eigenvalue weighted by Crippen LogP contribution is 2.37. The SMILES string of the molecule is C#CCOc1c(Cl)cc(/C=C2\C(=O)N(c3ccccc3)N=C2c2ccccc2)cc1OC. The number of para-hydroxylation sites is 1. The van der Waals surface area contributed by atoms with Crippen LogP contribution in [0.25, 0.3) is 6.08 Å². The molecule has 158 valence electrons. The molecule has 0 fully saturated rings. The molecule has 1 aliphatic heterocycles. The number of nitrogens with zero attached hydrogens (tertiary/aromatic N) is 2. The minimum absolute atomic E-state index is 0.0614. The normalized spacial score (nSPS) is 14.3. The largest absolute Gasteiger partial charge is 0.493 e. The summed E-state index contributed by atoms with van der Waals surface area (Å²) in [6, 6.07) is 22.3. The van der Waals surface area contributed by atoms with Crippen molar-refractivity contribution in [1.82, 2.24) is 0 Å². The number of hydrogen-bond acceptors (Lipinski definition) is 4. The molecular formula is C26H19ClN2O3. The van der Waals surface area contributed by atoms with Gasteiger partial charge >= 0.3 is 0 Å². The van der Waals surface area contributed by atoms with Crippen LogP contribution in [0.2, 0.25) is 5.02 Å². The van der Waals surface area contributed by atoms with Gasteiger partial charge in [-0.05, 0) is 35.9 Å². The third kappa shape index (κ3) is 4.22. The lowest BCUT2D eigenvalue weighted by Gasteiger charge is -2.12. The van der Waals surface area contributed by atoms with Gasteiger partial charge in [0.2, 0.25) is 0 Å². The van der Waals surface area contributed by atoms with Crippen LogP contribution in [0.1, 0.15) is 11.1 Å². The fraction of sp³-hybridized carbons (Fsp3) is 0.0769. The molecule has 0 saturated heterocycles. The summed E-state index contributed by atoms with van der Waals surface area (Å²) in [5, 5.41) is 6.36. The van der Waals surface area contributed by atoms with Crippen molar-refractivity contribution in [2.24, 2.45) is 5.10 Å². The van der Waals surface area contributed by atoms with Crippen LogP contribution in [-0.4, -0.2) is 25.3 Å².